The molecule has 0 aliphatic carbocycles. The van der Waals surface area contributed by atoms with E-state index in [1.165, 1.54) is 0 Å². The van der Waals surface area contributed by atoms with Gasteiger partial charge in [0.15, 0.2) is 0 Å². The molecule has 2 aromatic rings. The van der Waals surface area contributed by atoms with Crippen LogP contribution in [-0.2, 0) is 16.1 Å². The van der Waals surface area contributed by atoms with Crippen LogP contribution in [0.25, 0.3) is 6.08 Å². The molecule has 2 aromatic carbocycles. The Bertz CT molecular complexity index is 983. The summed E-state index contributed by atoms with van der Waals surface area (Å²) < 4.78 is 11.4. The number of thioether (sulfide) groups is 1. The standard InChI is InChI=1S/C23H22N2O5S/c26-21-20(31-22(27)24-21)14-16-6-8-18(9-7-16)30-19-10-12-25(13-11-19)23(28)29-15-17-4-2-1-3-5-17/h1-9,14,19H,10-13,15H2,(H,24,26,27)/b20-14+. The molecular formula is C23H22N2O5S. The SMILES string of the molecule is O=C1NC(=O)/C(=C\c2ccc(OC3CCN(C(=O)OCc4ccccc4)CC3)cc2)S1. The molecule has 0 radical (unpaired) electrons. The first kappa shape index (κ1) is 21.0. The fourth-order valence-electron chi connectivity index (χ4n) is 3.37. The van der Waals surface area contributed by atoms with E-state index in [0.717, 1.165) is 41.5 Å². The Kier molecular flexibility index (Phi) is 6.57. The van der Waals surface area contributed by atoms with Crippen LogP contribution in [0.3, 0.4) is 0 Å². The van der Waals surface area contributed by atoms with Crippen LogP contribution in [-0.4, -0.2) is 41.3 Å². The number of benzene rings is 2. The summed E-state index contributed by atoms with van der Waals surface area (Å²) in [6.45, 7) is 1.44. The van der Waals surface area contributed by atoms with Crippen LogP contribution in [0.1, 0.15) is 24.0 Å². The monoisotopic (exact) mass is 438 g/mol. The lowest BCUT2D eigenvalue weighted by atomic mass is 10.1. The molecular weight excluding hydrogens is 416 g/mol. The van der Waals surface area contributed by atoms with Crippen LogP contribution in [0.5, 0.6) is 5.75 Å². The normalized spacial score (nSPS) is 18.2. The Balaban J connectivity index is 1.23. The molecule has 160 valence electrons. The smallest absolute Gasteiger partial charge is 0.410 e. The van der Waals surface area contributed by atoms with E-state index in [1.54, 1.807) is 11.0 Å². The van der Waals surface area contributed by atoms with Gasteiger partial charge in [-0.05, 0) is 41.1 Å². The first-order chi connectivity index (χ1) is 15.1. The molecule has 0 unspecified atom stereocenters. The van der Waals surface area contributed by atoms with Gasteiger partial charge in [-0.2, -0.15) is 0 Å². The van der Waals surface area contributed by atoms with Crippen molar-refractivity contribution in [2.24, 2.45) is 0 Å². The third kappa shape index (κ3) is 5.67. The molecule has 0 atom stereocenters. The van der Waals surface area contributed by atoms with Crippen LogP contribution in [0, 0.1) is 0 Å². The predicted octanol–water partition coefficient (Wildman–Crippen LogP) is 4.19. The van der Waals surface area contributed by atoms with E-state index in [4.69, 9.17) is 9.47 Å². The first-order valence-electron chi connectivity index (χ1n) is 10.0. The van der Waals surface area contributed by atoms with Crippen LogP contribution in [0.2, 0.25) is 0 Å². The number of likely N-dealkylation sites (tertiary alicyclic amines) is 1. The van der Waals surface area contributed by atoms with Gasteiger partial charge >= 0.3 is 6.09 Å². The maximum absolute atomic E-state index is 12.3. The summed E-state index contributed by atoms with van der Waals surface area (Å²) in [6.07, 6.45) is 2.85. The molecule has 2 aliphatic rings. The van der Waals surface area contributed by atoms with Gasteiger partial charge in [-0.15, -0.1) is 0 Å². The van der Waals surface area contributed by atoms with Crippen molar-refractivity contribution in [2.75, 3.05) is 13.1 Å². The molecule has 2 aliphatic heterocycles. The minimum atomic E-state index is -0.371. The largest absolute Gasteiger partial charge is 0.490 e. The van der Waals surface area contributed by atoms with Crippen molar-refractivity contribution in [1.82, 2.24) is 10.2 Å². The molecule has 4 rings (SSSR count). The van der Waals surface area contributed by atoms with Gasteiger partial charge in [-0.1, -0.05) is 42.5 Å². The highest BCUT2D eigenvalue weighted by Crippen LogP contribution is 2.26. The summed E-state index contributed by atoms with van der Waals surface area (Å²) in [5.41, 5.74) is 1.78. The first-order valence-corrected chi connectivity index (χ1v) is 10.9. The summed E-state index contributed by atoms with van der Waals surface area (Å²) in [6, 6.07) is 17.0. The number of amides is 3. The van der Waals surface area contributed by atoms with E-state index in [1.807, 2.05) is 54.6 Å². The highest BCUT2D eigenvalue weighted by molar-refractivity contribution is 8.18. The number of imide groups is 1. The molecule has 3 amide bonds. The number of nitrogens with zero attached hydrogens (tertiary/aromatic N) is 1. The van der Waals surface area contributed by atoms with E-state index >= 15 is 0 Å². The van der Waals surface area contributed by atoms with Gasteiger partial charge in [0.1, 0.15) is 18.5 Å². The van der Waals surface area contributed by atoms with Crippen molar-refractivity contribution >= 4 is 35.1 Å². The quantitative estimate of drug-likeness (QED) is 0.705. The predicted molar refractivity (Wildman–Crippen MR) is 117 cm³/mol. The Morgan fingerprint density at radius 2 is 1.77 bits per heavy atom. The van der Waals surface area contributed by atoms with Crippen molar-refractivity contribution in [3.63, 3.8) is 0 Å². The van der Waals surface area contributed by atoms with E-state index in [0.29, 0.717) is 18.0 Å². The number of rotatable bonds is 5. The molecule has 0 aromatic heterocycles. The Morgan fingerprint density at radius 1 is 1.06 bits per heavy atom. The molecule has 2 fully saturated rings. The zero-order valence-electron chi connectivity index (χ0n) is 16.8. The third-order valence-electron chi connectivity index (χ3n) is 5.03. The topological polar surface area (TPSA) is 84.9 Å². The fraction of sp³-hybridized carbons (Fsp3) is 0.261. The van der Waals surface area contributed by atoms with Gasteiger partial charge in [0, 0.05) is 25.9 Å². The lowest BCUT2D eigenvalue weighted by Gasteiger charge is -2.31. The average Bonchev–Trinajstić information content (AvgIpc) is 3.11. The number of hydrogen-bond donors (Lipinski definition) is 1. The number of carbonyl (C=O) groups excluding carboxylic acids is 3. The van der Waals surface area contributed by atoms with Crippen molar-refractivity contribution in [1.29, 1.82) is 0 Å². The molecule has 0 bridgehead atoms. The number of hydrogen-bond acceptors (Lipinski definition) is 6. The van der Waals surface area contributed by atoms with Crippen LogP contribution in [0.15, 0.2) is 59.5 Å². The lowest BCUT2D eigenvalue weighted by molar-refractivity contribution is -0.115. The molecule has 7 nitrogen and oxygen atoms in total. The minimum Gasteiger partial charge on any atom is -0.490 e. The van der Waals surface area contributed by atoms with Crippen molar-refractivity contribution in [2.45, 2.75) is 25.6 Å². The Morgan fingerprint density at radius 3 is 2.42 bits per heavy atom. The molecule has 0 spiro atoms. The average molecular weight is 439 g/mol. The van der Waals surface area contributed by atoms with E-state index in [2.05, 4.69) is 5.32 Å². The number of carbonyl (C=O) groups is 3. The lowest BCUT2D eigenvalue weighted by Crippen LogP contribution is -2.42. The third-order valence-corrected chi connectivity index (χ3v) is 5.84. The zero-order valence-corrected chi connectivity index (χ0v) is 17.6. The number of ether oxygens (including phenoxy) is 2. The number of nitrogens with one attached hydrogen (secondary N) is 1. The summed E-state index contributed by atoms with van der Waals surface area (Å²) in [4.78, 5) is 37.2. The second kappa shape index (κ2) is 9.70. The van der Waals surface area contributed by atoms with Crippen LogP contribution >= 0.6 is 11.8 Å². The van der Waals surface area contributed by atoms with E-state index < -0.39 is 0 Å². The van der Waals surface area contributed by atoms with Crippen molar-refractivity contribution in [3.05, 3.63) is 70.6 Å². The van der Waals surface area contributed by atoms with Crippen molar-refractivity contribution in [3.8, 4) is 5.75 Å². The molecule has 31 heavy (non-hydrogen) atoms. The van der Waals surface area contributed by atoms with Gasteiger partial charge < -0.3 is 14.4 Å². The van der Waals surface area contributed by atoms with Gasteiger partial charge in [0.2, 0.25) is 0 Å². The summed E-state index contributed by atoms with van der Waals surface area (Å²) >= 11 is 0.894. The molecule has 8 heteroatoms. The van der Waals surface area contributed by atoms with Crippen LogP contribution in [0.4, 0.5) is 9.59 Å². The minimum absolute atomic E-state index is 0.0242. The number of piperidine rings is 1. The highest BCUT2D eigenvalue weighted by Gasteiger charge is 2.26. The molecule has 2 saturated heterocycles. The fourth-order valence-corrected chi connectivity index (χ4v) is 4.06. The summed E-state index contributed by atoms with van der Waals surface area (Å²) in [5, 5.41) is 1.88. The zero-order chi connectivity index (χ0) is 21.6. The van der Waals surface area contributed by atoms with Gasteiger partial charge in [-0.3, -0.25) is 14.9 Å². The molecule has 1 N–H and O–H groups in total. The molecule has 0 saturated carbocycles. The summed E-state index contributed by atoms with van der Waals surface area (Å²) in [7, 11) is 0. The van der Waals surface area contributed by atoms with Gasteiger partial charge in [0.25, 0.3) is 11.1 Å². The van der Waals surface area contributed by atoms with Gasteiger partial charge in [0.05, 0.1) is 4.91 Å². The molecule has 2 heterocycles. The van der Waals surface area contributed by atoms with E-state index in [9.17, 15) is 14.4 Å². The second-order valence-electron chi connectivity index (χ2n) is 7.27. The summed E-state index contributed by atoms with van der Waals surface area (Å²) in [5.74, 6) is 0.358. The Labute approximate surface area is 184 Å². The Hall–Kier alpha value is -3.26. The van der Waals surface area contributed by atoms with Crippen LogP contribution < -0.4 is 10.1 Å². The highest BCUT2D eigenvalue weighted by atomic mass is 32.2. The maximum Gasteiger partial charge on any atom is 0.410 e. The maximum atomic E-state index is 12.3. The van der Waals surface area contributed by atoms with Gasteiger partial charge in [-0.25, -0.2) is 4.79 Å². The van der Waals surface area contributed by atoms with Crippen molar-refractivity contribution < 1.29 is 23.9 Å². The van der Waals surface area contributed by atoms with E-state index in [-0.39, 0.29) is 30.0 Å². The second-order valence-corrected chi connectivity index (χ2v) is 8.28.